The van der Waals surface area contributed by atoms with Gasteiger partial charge in [-0.1, -0.05) is 25.7 Å². The fraction of sp³-hybridized carbons (Fsp3) is 0.941. The van der Waals surface area contributed by atoms with Crippen molar-refractivity contribution < 1.29 is 19.0 Å². The van der Waals surface area contributed by atoms with E-state index in [1.807, 2.05) is 4.90 Å². The van der Waals surface area contributed by atoms with Gasteiger partial charge in [0.05, 0.1) is 12.2 Å². The predicted octanol–water partition coefficient (Wildman–Crippen LogP) is 2.02. The average molecular weight is 324 g/mol. The molecule has 3 saturated heterocycles. The Kier molecular flexibility index (Phi) is 4.73. The number of carbonyl (C=O) groups excluding carboxylic acids is 1. The SMILES string of the molecule is O=C(OC[C@H]1O[C@H]2CCCCCC[C@H]2O1)N1CC2CCC(C1)N2. The molecule has 1 aliphatic carbocycles. The van der Waals surface area contributed by atoms with Gasteiger partial charge >= 0.3 is 6.09 Å². The molecule has 1 saturated carbocycles. The van der Waals surface area contributed by atoms with Gasteiger partial charge in [0.15, 0.2) is 6.29 Å². The molecule has 0 aromatic carbocycles. The Balaban J connectivity index is 1.24. The van der Waals surface area contributed by atoms with Crippen molar-refractivity contribution in [3.63, 3.8) is 0 Å². The third kappa shape index (κ3) is 3.64. The molecular formula is C17H28N2O4. The van der Waals surface area contributed by atoms with Crippen molar-refractivity contribution in [2.75, 3.05) is 19.7 Å². The number of likely N-dealkylation sites (tertiary alicyclic amines) is 1. The minimum Gasteiger partial charge on any atom is -0.444 e. The summed E-state index contributed by atoms with van der Waals surface area (Å²) in [7, 11) is 0. The number of nitrogens with one attached hydrogen (secondary N) is 1. The van der Waals surface area contributed by atoms with Crippen LogP contribution in [0.25, 0.3) is 0 Å². The summed E-state index contributed by atoms with van der Waals surface area (Å²) in [5, 5.41) is 3.52. The Hall–Kier alpha value is -0.850. The van der Waals surface area contributed by atoms with Crippen LogP contribution in [0.1, 0.15) is 51.4 Å². The van der Waals surface area contributed by atoms with Gasteiger partial charge in [0.2, 0.25) is 0 Å². The van der Waals surface area contributed by atoms with E-state index in [1.165, 1.54) is 25.7 Å². The fourth-order valence-electron chi connectivity index (χ4n) is 4.40. The van der Waals surface area contributed by atoms with Crippen molar-refractivity contribution in [1.29, 1.82) is 0 Å². The zero-order chi connectivity index (χ0) is 15.6. The van der Waals surface area contributed by atoms with Crippen molar-refractivity contribution >= 4 is 6.09 Å². The maximum Gasteiger partial charge on any atom is 0.410 e. The number of nitrogens with zero attached hydrogens (tertiary/aromatic N) is 1. The molecule has 6 heteroatoms. The Morgan fingerprint density at radius 2 is 1.57 bits per heavy atom. The molecule has 0 spiro atoms. The summed E-state index contributed by atoms with van der Waals surface area (Å²) in [5.74, 6) is 0. The third-order valence-corrected chi connectivity index (χ3v) is 5.61. The second kappa shape index (κ2) is 6.95. The van der Waals surface area contributed by atoms with E-state index in [4.69, 9.17) is 14.2 Å². The monoisotopic (exact) mass is 324 g/mol. The Morgan fingerprint density at radius 3 is 2.17 bits per heavy atom. The van der Waals surface area contributed by atoms with E-state index in [2.05, 4.69) is 5.32 Å². The van der Waals surface area contributed by atoms with Crippen molar-refractivity contribution in [1.82, 2.24) is 10.2 Å². The van der Waals surface area contributed by atoms with Crippen molar-refractivity contribution in [3.05, 3.63) is 0 Å². The summed E-state index contributed by atoms with van der Waals surface area (Å²) < 4.78 is 17.4. The van der Waals surface area contributed by atoms with E-state index < -0.39 is 0 Å². The van der Waals surface area contributed by atoms with E-state index >= 15 is 0 Å². The summed E-state index contributed by atoms with van der Waals surface area (Å²) in [4.78, 5) is 14.1. The summed E-state index contributed by atoms with van der Waals surface area (Å²) in [6.45, 7) is 1.73. The molecule has 4 fully saturated rings. The van der Waals surface area contributed by atoms with Crippen LogP contribution >= 0.6 is 0 Å². The lowest BCUT2D eigenvalue weighted by molar-refractivity contribution is -0.101. The molecule has 2 unspecified atom stereocenters. The fourth-order valence-corrected chi connectivity index (χ4v) is 4.40. The molecule has 4 rings (SSSR count). The molecule has 2 bridgehead atoms. The molecule has 1 amide bonds. The number of hydrogen-bond acceptors (Lipinski definition) is 5. The Labute approximate surface area is 137 Å². The predicted molar refractivity (Wildman–Crippen MR) is 84.1 cm³/mol. The van der Waals surface area contributed by atoms with Gasteiger partial charge in [-0.15, -0.1) is 0 Å². The Morgan fingerprint density at radius 1 is 0.957 bits per heavy atom. The number of ether oxygens (including phenoxy) is 3. The van der Waals surface area contributed by atoms with Crippen LogP contribution in [-0.2, 0) is 14.2 Å². The van der Waals surface area contributed by atoms with Crippen LogP contribution in [0.3, 0.4) is 0 Å². The van der Waals surface area contributed by atoms with Crippen LogP contribution in [0.15, 0.2) is 0 Å². The molecule has 23 heavy (non-hydrogen) atoms. The van der Waals surface area contributed by atoms with E-state index in [0.717, 1.165) is 38.8 Å². The first kappa shape index (κ1) is 15.7. The smallest absolute Gasteiger partial charge is 0.410 e. The largest absolute Gasteiger partial charge is 0.444 e. The molecule has 130 valence electrons. The molecule has 1 N–H and O–H groups in total. The highest BCUT2D eigenvalue weighted by atomic mass is 16.7. The topological polar surface area (TPSA) is 60.0 Å². The molecule has 5 atom stereocenters. The van der Waals surface area contributed by atoms with Crippen molar-refractivity contribution in [3.8, 4) is 0 Å². The van der Waals surface area contributed by atoms with E-state index in [0.29, 0.717) is 12.1 Å². The first-order chi connectivity index (χ1) is 11.3. The van der Waals surface area contributed by atoms with Gasteiger partial charge in [0, 0.05) is 25.2 Å². The average Bonchev–Trinajstić information content (AvgIpc) is 3.07. The first-order valence-electron chi connectivity index (χ1n) is 9.26. The number of piperazine rings is 1. The number of carbonyl (C=O) groups is 1. The third-order valence-electron chi connectivity index (χ3n) is 5.61. The zero-order valence-electron chi connectivity index (χ0n) is 13.7. The van der Waals surface area contributed by atoms with Gasteiger partial charge in [-0.05, 0) is 25.7 Å². The summed E-state index contributed by atoms with van der Waals surface area (Å²) >= 11 is 0. The van der Waals surface area contributed by atoms with Gasteiger partial charge in [0.1, 0.15) is 6.61 Å². The number of hydrogen-bond donors (Lipinski definition) is 1. The zero-order valence-corrected chi connectivity index (χ0v) is 13.7. The van der Waals surface area contributed by atoms with Crippen molar-refractivity contribution in [2.45, 2.75) is 81.9 Å². The molecule has 3 heterocycles. The minimum atomic E-state index is -0.383. The molecular weight excluding hydrogens is 296 g/mol. The molecule has 4 aliphatic rings. The van der Waals surface area contributed by atoms with E-state index in [9.17, 15) is 4.79 Å². The highest BCUT2D eigenvalue weighted by molar-refractivity contribution is 5.68. The quantitative estimate of drug-likeness (QED) is 0.842. The van der Waals surface area contributed by atoms with Gasteiger partial charge in [-0.3, -0.25) is 0 Å². The molecule has 0 radical (unpaired) electrons. The minimum absolute atomic E-state index is 0.189. The van der Waals surface area contributed by atoms with Crippen LogP contribution in [-0.4, -0.2) is 61.3 Å². The number of rotatable bonds is 2. The lowest BCUT2D eigenvalue weighted by atomic mass is 9.96. The standard InChI is InChI=1S/C17H28N2O4/c20-17(19-9-12-7-8-13(10-19)18-12)21-11-16-22-14-5-3-1-2-4-6-15(14)23-16/h12-16,18H,1-11H2/t12?,13?,14-,15+,16-. The molecule has 3 aliphatic heterocycles. The van der Waals surface area contributed by atoms with E-state index in [-0.39, 0.29) is 31.2 Å². The van der Waals surface area contributed by atoms with Gasteiger partial charge < -0.3 is 24.4 Å². The van der Waals surface area contributed by atoms with Crippen LogP contribution in [0.5, 0.6) is 0 Å². The lowest BCUT2D eigenvalue weighted by Crippen LogP contribution is -2.53. The van der Waals surface area contributed by atoms with Gasteiger partial charge in [0.25, 0.3) is 0 Å². The summed E-state index contributed by atoms with van der Waals surface area (Å²) in [6.07, 6.45) is 9.22. The Bertz CT molecular complexity index is 405. The molecule has 0 aromatic heterocycles. The normalized spacial score (nSPS) is 40.3. The van der Waals surface area contributed by atoms with E-state index in [1.54, 1.807) is 0 Å². The van der Waals surface area contributed by atoms with Crippen LogP contribution < -0.4 is 5.32 Å². The maximum atomic E-state index is 12.3. The molecule has 0 aromatic rings. The second-order valence-electron chi connectivity index (χ2n) is 7.39. The van der Waals surface area contributed by atoms with Crippen LogP contribution in [0.2, 0.25) is 0 Å². The van der Waals surface area contributed by atoms with Gasteiger partial charge in [-0.25, -0.2) is 4.79 Å². The molecule has 6 nitrogen and oxygen atoms in total. The number of fused-ring (bicyclic) bond motifs is 3. The highest BCUT2D eigenvalue weighted by Gasteiger charge is 2.38. The number of amides is 1. The first-order valence-corrected chi connectivity index (χ1v) is 9.26. The summed E-state index contributed by atoms with van der Waals surface area (Å²) in [6, 6.07) is 0.881. The lowest BCUT2D eigenvalue weighted by Gasteiger charge is -2.32. The van der Waals surface area contributed by atoms with Crippen molar-refractivity contribution in [2.24, 2.45) is 0 Å². The summed E-state index contributed by atoms with van der Waals surface area (Å²) in [5.41, 5.74) is 0. The van der Waals surface area contributed by atoms with Crippen LogP contribution in [0.4, 0.5) is 4.79 Å². The van der Waals surface area contributed by atoms with Crippen LogP contribution in [0, 0.1) is 0 Å². The maximum absolute atomic E-state index is 12.3. The second-order valence-corrected chi connectivity index (χ2v) is 7.39. The highest BCUT2D eigenvalue weighted by Crippen LogP contribution is 2.30. The van der Waals surface area contributed by atoms with Gasteiger partial charge in [-0.2, -0.15) is 0 Å².